The average Bonchev–Trinajstić information content (AvgIpc) is 2.60. The number of carbonyl (C=O) groups is 1. The van der Waals surface area contributed by atoms with Crippen molar-refractivity contribution in [2.45, 2.75) is 6.54 Å². The number of rotatable bonds is 5. The van der Waals surface area contributed by atoms with Crippen LogP contribution in [0.25, 0.3) is 6.08 Å². The van der Waals surface area contributed by atoms with Crippen molar-refractivity contribution in [1.82, 2.24) is 5.32 Å². The maximum Gasteiger partial charge on any atom is 0.288 e. The zero-order valence-electron chi connectivity index (χ0n) is 12.7. The second kappa shape index (κ2) is 8.29. The van der Waals surface area contributed by atoms with E-state index >= 15 is 0 Å². The Morgan fingerprint density at radius 2 is 1.92 bits per heavy atom. The Hall–Kier alpha value is -2.88. The van der Waals surface area contributed by atoms with E-state index in [9.17, 15) is 14.9 Å². The zero-order chi connectivity index (χ0) is 18.4. The normalized spacial score (nSPS) is 10.8. The highest BCUT2D eigenvalue weighted by Crippen LogP contribution is 2.26. The fourth-order valence-electron chi connectivity index (χ4n) is 1.95. The number of nitrogens with one attached hydrogen (secondary N) is 1. The molecule has 0 aliphatic carbocycles. The van der Waals surface area contributed by atoms with Gasteiger partial charge in [-0.25, -0.2) is 0 Å². The van der Waals surface area contributed by atoms with Gasteiger partial charge in [0.15, 0.2) is 0 Å². The third kappa shape index (κ3) is 5.05. The minimum atomic E-state index is -0.633. The Morgan fingerprint density at radius 1 is 1.24 bits per heavy atom. The van der Waals surface area contributed by atoms with Gasteiger partial charge in [0.25, 0.3) is 11.6 Å². The van der Waals surface area contributed by atoms with Crippen LogP contribution in [0.3, 0.4) is 0 Å². The van der Waals surface area contributed by atoms with Gasteiger partial charge in [-0.15, -0.1) is 0 Å². The van der Waals surface area contributed by atoms with Gasteiger partial charge in [0.2, 0.25) is 0 Å². The van der Waals surface area contributed by atoms with Crippen molar-refractivity contribution in [2.75, 3.05) is 0 Å². The Kier molecular flexibility index (Phi) is 6.12. The van der Waals surface area contributed by atoms with E-state index in [2.05, 4.69) is 5.32 Å². The first-order valence-corrected chi connectivity index (χ1v) is 7.74. The molecule has 0 aliphatic heterocycles. The molecule has 1 amide bonds. The number of benzene rings is 2. The predicted octanol–water partition coefficient (Wildman–Crippen LogP) is 4.12. The molecule has 0 heterocycles. The number of carbonyl (C=O) groups excluding carboxylic acids is 1. The summed E-state index contributed by atoms with van der Waals surface area (Å²) < 4.78 is 0. The fraction of sp³-hybridized carbons (Fsp3) is 0.0588. The molecule has 6 nitrogen and oxygen atoms in total. The van der Waals surface area contributed by atoms with Crippen LogP contribution in [0.15, 0.2) is 48.0 Å². The average molecular weight is 376 g/mol. The maximum atomic E-state index is 12.1. The third-order valence-electron chi connectivity index (χ3n) is 3.21. The second-order valence-corrected chi connectivity index (χ2v) is 5.79. The highest BCUT2D eigenvalue weighted by Gasteiger charge is 2.14. The minimum Gasteiger partial charge on any atom is -0.347 e. The van der Waals surface area contributed by atoms with Crippen molar-refractivity contribution in [3.63, 3.8) is 0 Å². The first-order valence-electron chi connectivity index (χ1n) is 6.99. The summed E-state index contributed by atoms with van der Waals surface area (Å²) in [6, 6.07) is 12.7. The number of nitro groups is 1. The molecule has 0 saturated carbocycles. The van der Waals surface area contributed by atoms with Crippen molar-refractivity contribution in [1.29, 1.82) is 5.26 Å². The summed E-state index contributed by atoms with van der Waals surface area (Å²) in [4.78, 5) is 22.4. The molecule has 0 atom stereocenters. The van der Waals surface area contributed by atoms with E-state index in [4.69, 9.17) is 28.5 Å². The molecule has 1 N–H and O–H groups in total. The maximum absolute atomic E-state index is 12.1. The molecule has 2 aromatic carbocycles. The van der Waals surface area contributed by atoms with Crippen molar-refractivity contribution >= 4 is 40.9 Å². The Balaban J connectivity index is 2.15. The summed E-state index contributed by atoms with van der Waals surface area (Å²) in [5.74, 6) is -0.588. The molecule has 8 heteroatoms. The van der Waals surface area contributed by atoms with Crippen LogP contribution in [-0.2, 0) is 11.3 Å². The van der Waals surface area contributed by atoms with Crippen LogP contribution in [0, 0.1) is 21.4 Å². The van der Waals surface area contributed by atoms with Crippen LogP contribution in [0.1, 0.15) is 11.1 Å². The van der Waals surface area contributed by atoms with Gasteiger partial charge in [0, 0.05) is 17.6 Å². The summed E-state index contributed by atoms with van der Waals surface area (Å²) in [6.07, 6.45) is 1.26. The van der Waals surface area contributed by atoms with E-state index in [1.54, 1.807) is 30.3 Å². The van der Waals surface area contributed by atoms with Crippen molar-refractivity contribution in [3.05, 3.63) is 79.3 Å². The molecule has 0 aliphatic rings. The van der Waals surface area contributed by atoms with E-state index in [1.165, 1.54) is 24.3 Å². The lowest BCUT2D eigenvalue weighted by atomic mass is 10.1. The quantitative estimate of drug-likeness (QED) is 0.367. The first kappa shape index (κ1) is 18.5. The molecular weight excluding hydrogens is 365 g/mol. The molecule has 0 fully saturated rings. The number of hydrogen-bond donors (Lipinski definition) is 1. The van der Waals surface area contributed by atoms with Crippen molar-refractivity contribution in [3.8, 4) is 6.07 Å². The molecule has 25 heavy (non-hydrogen) atoms. The Morgan fingerprint density at radius 3 is 2.52 bits per heavy atom. The molecule has 0 spiro atoms. The van der Waals surface area contributed by atoms with Gasteiger partial charge in [0.05, 0.1) is 4.92 Å². The summed E-state index contributed by atoms with van der Waals surface area (Å²) in [5, 5.41) is 23.2. The van der Waals surface area contributed by atoms with E-state index in [0.717, 1.165) is 5.56 Å². The molecule has 126 valence electrons. The molecule has 2 rings (SSSR count). The molecule has 0 aromatic heterocycles. The van der Waals surface area contributed by atoms with Gasteiger partial charge in [-0.2, -0.15) is 5.26 Å². The van der Waals surface area contributed by atoms with Crippen LogP contribution in [0.4, 0.5) is 5.69 Å². The van der Waals surface area contributed by atoms with Gasteiger partial charge in [-0.05, 0) is 35.4 Å². The van der Waals surface area contributed by atoms with E-state index in [0.29, 0.717) is 10.6 Å². The largest absolute Gasteiger partial charge is 0.347 e. The van der Waals surface area contributed by atoms with Crippen LogP contribution < -0.4 is 5.32 Å². The molecule has 0 radical (unpaired) electrons. The lowest BCUT2D eigenvalue weighted by Crippen LogP contribution is -2.23. The van der Waals surface area contributed by atoms with Crippen molar-refractivity contribution < 1.29 is 9.72 Å². The van der Waals surface area contributed by atoms with Crippen LogP contribution in [-0.4, -0.2) is 10.8 Å². The summed E-state index contributed by atoms with van der Waals surface area (Å²) in [7, 11) is 0. The lowest BCUT2D eigenvalue weighted by Gasteiger charge is -2.05. The standard InChI is InChI=1S/C17H11Cl2N3O3/c18-14-4-1-11(2-5-14)10-21-17(23)13(9-20)7-12-3-6-15(19)16(8-12)22(24)25/h1-8H,10H2,(H,21,23). The number of halogens is 2. The van der Waals surface area contributed by atoms with Crippen LogP contribution in [0.2, 0.25) is 10.0 Å². The molecule has 0 bridgehead atoms. The van der Waals surface area contributed by atoms with E-state index < -0.39 is 10.8 Å². The summed E-state index contributed by atoms with van der Waals surface area (Å²) in [6.45, 7) is 0.218. The van der Waals surface area contributed by atoms with Crippen LogP contribution in [0.5, 0.6) is 0 Å². The summed E-state index contributed by atoms with van der Waals surface area (Å²) >= 11 is 11.5. The molecule has 2 aromatic rings. The monoisotopic (exact) mass is 375 g/mol. The minimum absolute atomic E-state index is 0.0205. The topological polar surface area (TPSA) is 96.0 Å². The highest BCUT2D eigenvalue weighted by atomic mass is 35.5. The van der Waals surface area contributed by atoms with E-state index in [1.807, 2.05) is 0 Å². The van der Waals surface area contributed by atoms with Gasteiger partial charge < -0.3 is 5.32 Å². The SMILES string of the molecule is N#CC(=Cc1ccc(Cl)c([N+](=O)[O-])c1)C(=O)NCc1ccc(Cl)cc1. The number of amides is 1. The van der Waals surface area contributed by atoms with Gasteiger partial charge in [-0.3, -0.25) is 14.9 Å². The summed E-state index contributed by atoms with van der Waals surface area (Å²) in [5.41, 5.74) is 0.673. The number of nitrogens with zero attached hydrogens (tertiary/aromatic N) is 2. The zero-order valence-corrected chi connectivity index (χ0v) is 14.2. The second-order valence-electron chi connectivity index (χ2n) is 4.95. The van der Waals surface area contributed by atoms with Gasteiger partial charge in [-0.1, -0.05) is 41.4 Å². The van der Waals surface area contributed by atoms with Crippen molar-refractivity contribution in [2.24, 2.45) is 0 Å². The first-order chi connectivity index (χ1) is 11.9. The smallest absolute Gasteiger partial charge is 0.288 e. The number of nitro benzene ring substituents is 1. The lowest BCUT2D eigenvalue weighted by molar-refractivity contribution is -0.384. The third-order valence-corrected chi connectivity index (χ3v) is 3.78. The molecule has 0 unspecified atom stereocenters. The Labute approximate surface area is 153 Å². The van der Waals surface area contributed by atoms with E-state index in [-0.39, 0.29) is 22.8 Å². The number of hydrogen-bond acceptors (Lipinski definition) is 4. The Bertz CT molecular complexity index is 887. The van der Waals surface area contributed by atoms with Crippen LogP contribution >= 0.6 is 23.2 Å². The predicted molar refractivity (Wildman–Crippen MR) is 95.0 cm³/mol. The van der Waals surface area contributed by atoms with Gasteiger partial charge >= 0.3 is 0 Å². The molecule has 0 saturated heterocycles. The molecular formula is C17H11Cl2N3O3. The van der Waals surface area contributed by atoms with Gasteiger partial charge in [0.1, 0.15) is 16.7 Å². The fourth-order valence-corrected chi connectivity index (χ4v) is 2.27. The highest BCUT2D eigenvalue weighted by molar-refractivity contribution is 6.32. The number of nitriles is 1.